The normalized spacial score (nSPS) is 21.1. The number of hydrogen-bond acceptors (Lipinski definition) is 2. The van der Waals surface area contributed by atoms with Crippen molar-refractivity contribution in [2.24, 2.45) is 11.3 Å². The second kappa shape index (κ2) is 11.1. The number of likely N-dealkylation sites (tertiary alicyclic amines) is 1. The fraction of sp³-hybridized carbons (Fsp3) is 0.333. The first-order valence-electron chi connectivity index (χ1n) is 12.5. The number of nitrogens with zero attached hydrogens (tertiary/aromatic N) is 2. The SMILES string of the molecule is CC(C)(C)C[C@@H]1CN(C(=O)NCc2ccc(F)cc2)[C@H](c2cccc(Cl)c2F)[C@@]1(C#N)c1ccc(Cl)cc1F. The Kier molecular flexibility index (Phi) is 8.20. The lowest BCUT2D eigenvalue weighted by atomic mass is 9.63. The van der Waals surface area contributed by atoms with E-state index in [0.717, 1.165) is 6.07 Å². The molecule has 0 unspecified atom stereocenters. The summed E-state index contributed by atoms with van der Waals surface area (Å²) in [5.41, 5.74) is -1.29. The van der Waals surface area contributed by atoms with Gasteiger partial charge in [0.05, 0.1) is 17.1 Å². The molecule has 204 valence electrons. The van der Waals surface area contributed by atoms with Gasteiger partial charge in [-0.15, -0.1) is 0 Å². The lowest BCUT2D eigenvalue weighted by Crippen LogP contribution is -2.44. The fourth-order valence-corrected chi connectivity index (χ4v) is 5.89. The summed E-state index contributed by atoms with van der Waals surface area (Å²) in [6, 6.07) is 14.6. The Morgan fingerprint density at radius 1 is 1.10 bits per heavy atom. The molecule has 1 N–H and O–H groups in total. The van der Waals surface area contributed by atoms with Crippen LogP contribution in [-0.4, -0.2) is 17.5 Å². The standard InChI is InChI=1S/C30H28Cl2F3N3O/c1-29(2,3)14-19-16-38(28(39)37-15-18-7-10-21(33)11-8-18)27(22-5-4-6-24(32)26(22)35)30(19,17-36)23-12-9-20(31)13-25(23)34/h4-13,19,27H,14-16H2,1-3H3,(H,37,39)/t19-,27-,30-/m1/s1. The maximum atomic E-state index is 15.7. The van der Waals surface area contributed by atoms with Crippen molar-refractivity contribution < 1.29 is 18.0 Å². The molecule has 0 saturated carbocycles. The number of nitrogens with one attached hydrogen (secondary N) is 1. The minimum absolute atomic E-state index is 0.00624. The monoisotopic (exact) mass is 573 g/mol. The summed E-state index contributed by atoms with van der Waals surface area (Å²) in [7, 11) is 0. The molecule has 1 fully saturated rings. The second-order valence-corrected chi connectivity index (χ2v) is 11.9. The van der Waals surface area contributed by atoms with E-state index in [0.29, 0.717) is 12.0 Å². The van der Waals surface area contributed by atoms with Crippen LogP contribution < -0.4 is 5.32 Å². The van der Waals surface area contributed by atoms with E-state index in [9.17, 15) is 14.4 Å². The number of halogens is 5. The first kappa shape index (κ1) is 28.8. The molecule has 2 amide bonds. The average molecular weight is 574 g/mol. The van der Waals surface area contributed by atoms with Gasteiger partial charge in [-0.05, 0) is 47.7 Å². The van der Waals surface area contributed by atoms with Gasteiger partial charge in [0.15, 0.2) is 0 Å². The van der Waals surface area contributed by atoms with Crippen LogP contribution in [0.1, 0.15) is 49.9 Å². The summed E-state index contributed by atoms with van der Waals surface area (Å²) in [6.45, 7) is 6.08. The predicted molar refractivity (Wildman–Crippen MR) is 146 cm³/mol. The number of amides is 2. The smallest absolute Gasteiger partial charge is 0.318 e. The molecular weight excluding hydrogens is 546 g/mol. The molecule has 0 spiro atoms. The van der Waals surface area contributed by atoms with Crippen LogP contribution in [0.2, 0.25) is 10.0 Å². The first-order chi connectivity index (χ1) is 18.4. The summed E-state index contributed by atoms with van der Waals surface area (Å²) in [5.74, 6) is -2.48. The average Bonchev–Trinajstić information content (AvgIpc) is 3.18. The summed E-state index contributed by atoms with van der Waals surface area (Å²) >= 11 is 12.2. The zero-order valence-corrected chi connectivity index (χ0v) is 23.3. The van der Waals surface area contributed by atoms with Crippen LogP contribution in [0, 0.1) is 40.1 Å². The highest BCUT2D eigenvalue weighted by Crippen LogP contribution is 2.56. The Morgan fingerprint density at radius 2 is 1.79 bits per heavy atom. The molecule has 4 nitrogen and oxygen atoms in total. The number of hydrogen-bond donors (Lipinski definition) is 1. The molecule has 9 heteroatoms. The van der Waals surface area contributed by atoms with Gasteiger partial charge in [-0.3, -0.25) is 0 Å². The maximum absolute atomic E-state index is 15.7. The zero-order valence-electron chi connectivity index (χ0n) is 21.7. The topological polar surface area (TPSA) is 56.1 Å². The zero-order chi connectivity index (χ0) is 28.5. The molecule has 39 heavy (non-hydrogen) atoms. The number of urea groups is 1. The van der Waals surface area contributed by atoms with E-state index in [4.69, 9.17) is 23.2 Å². The summed E-state index contributed by atoms with van der Waals surface area (Å²) in [4.78, 5) is 15.1. The van der Waals surface area contributed by atoms with Gasteiger partial charge >= 0.3 is 6.03 Å². The molecule has 0 radical (unpaired) electrons. The van der Waals surface area contributed by atoms with Gasteiger partial charge in [0, 0.05) is 35.2 Å². The van der Waals surface area contributed by atoms with Crippen molar-refractivity contribution in [1.82, 2.24) is 10.2 Å². The van der Waals surface area contributed by atoms with E-state index >= 15 is 8.78 Å². The highest BCUT2D eigenvalue weighted by atomic mass is 35.5. The molecule has 0 bridgehead atoms. The number of benzene rings is 3. The maximum Gasteiger partial charge on any atom is 0.318 e. The van der Waals surface area contributed by atoms with Gasteiger partial charge < -0.3 is 10.2 Å². The largest absolute Gasteiger partial charge is 0.334 e. The molecular formula is C30H28Cl2F3N3O. The number of nitriles is 1. The summed E-state index contributed by atoms with van der Waals surface area (Å²) in [5, 5.41) is 13.6. The molecule has 1 aliphatic heterocycles. The minimum atomic E-state index is -1.67. The number of carbonyl (C=O) groups excluding carboxylic acids is 1. The molecule has 4 rings (SSSR count). The van der Waals surface area contributed by atoms with Gasteiger partial charge in [-0.2, -0.15) is 5.26 Å². The highest BCUT2D eigenvalue weighted by molar-refractivity contribution is 6.31. The Morgan fingerprint density at radius 3 is 2.41 bits per heavy atom. The minimum Gasteiger partial charge on any atom is -0.334 e. The third-order valence-electron chi connectivity index (χ3n) is 7.12. The quantitative estimate of drug-likeness (QED) is 0.334. The summed E-state index contributed by atoms with van der Waals surface area (Å²) < 4.78 is 44.6. The van der Waals surface area contributed by atoms with Crippen molar-refractivity contribution in [3.8, 4) is 6.07 Å². The van der Waals surface area contributed by atoms with E-state index in [1.165, 1.54) is 47.4 Å². The number of rotatable bonds is 5. The van der Waals surface area contributed by atoms with Crippen molar-refractivity contribution in [3.63, 3.8) is 0 Å². The van der Waals surface area contributed by atoms with Crippen LogP contribution >= 0.6 is 23.2 Å². The second-order valence-electron chi connectivity index (χ2n) is 11.0. The van der Waals surface area contributed by atoms with Crippen LogP contribution in [0.25, 0.3) is 0 Å². The molecule has 0 aromatic heterocycles. The van der Waals surface area contributed by atoms with Crippen LogP contribution in [0.5, 0.6) is 0 Å². The Balaban J connectivity index is 1.89. The van der Waals surface area contributed by atoms with Crippen molar-refractivity contribution in [3.05, 3.63) is 105 Å². The van der Waals surface area contributed by atoms with Crippen molar-refractivity contribution in [1.29, 1.82) is 5.26 Å². The Bertz CT molecular complexity index is 1420. The van der Waals surface area contributed by atoms with Crippen molar-refractivity contribution in [2.45, 2.75) is 45.2 Å². The fourth-order valence-electron chi connectivity index (χ4n) is 5.55. The van der Waals surface area contributed by atoms with Crippen LogP contribution in [-0.2, 0) is 12.0 Å². The van der Waals surface area contributed by atoms with Gasteiger partial charge in [-0.25, -0.2) is 18.0 Å². The lowest BCUT2D eigenvalue weighted by molar-refractivity contribution is 0.184. The highest BCUT2D eigenvalue weighted by Gasteiger charge is 2.60. The summed E-state index contributed by atoms with van der Waals surface area (Å²) in [6.07, 6.45) is 0.434. The van der Waals surface area contributed by atoms with Crippen molar-refractivity contribution in [2.75, 3.05) is 6.54 Å². The molecule has 3 aromatic rings. The molecule has 3 aromatic carbocycles. The predicted octanol–water partition coefficient (Wildman–Crippen LogP) is 8.19. The van der Waals surface area contributed by atoms with Crippen LogP contribution in [0.3, 0.4) is 0 Å². The van der Waals surface area contributed by atoms with E-state index in [1.54, 1.807) is 12.1 Å². The van der Waals surface area contributed by atoms with Gasteiger partial charge in [0.25, 0.3) is 0 Å². The van der Waals surface area contributed by atoms with Gasteiger partial charge in [0.1, 0.15) is 22.9 Å². The Labute approximate surface area is 236 Å². The number of carbonyl (C=O) groups is 1. The third-order valence-corrected chi connectivity index (χ3v) is 7.65. The van der Waals surface area contributed by atoms with Gasteiger partial charge in [-0.1, -0.05) is 74.3 Å². The molecule has 0 aliphatic carbocycles. The van der Waals surface area contributed by atoms with E-state index in [1.807, 2.05) is 20.8 Å². The van der Waals surface area contributed by atoms with E-state index < -0.39 is 40.9 Å². The third kappa shape index (κ3) is 5.73. The van der Waals surface area contributed by atoms with Gasteiger partial charge in [0.2, 0.25) is 0 Å². The molecule has 3 atom stereocenters. The van der Waals surface area contributed by atoms with Crippen molar-refractivity contribution >= 4 is 29.2 Å². The molecule has 1 aliphatic rings. The Hall–Kier alpha value is -3.21. The van der Waals surface area contributed by atoms with E-state index in [2.05, 4.69) is 11.4 Å². The van der Waals surface area contributed by atoms with Crippen LogP contribution in [0.4, 0.5) is 18.0 Å². The van der Waals surface area contributed by atoms with Crippen LogP contribution in [0.15, 0.2) is 60.7 Å². The van der Waals surface area contributed by atoms with E-state index in [-0.39, 0.29) is 39.7 Å². The first-order valence-corrected chi connectivity index (χ1v) is 13.2. The molecule has 1 saturated heterocycles. The lowest BCUT2D eigenvalue weighted by Gasteiger charge is -2.38. The molecule has 1 heterocycles.